The van der Waals surface area contributed by atoms with Crippen molar-refractivity contribution in [3.05, 3.63) is 15.9 Å². The fourth-order valence-electron chi connectivity index (χ4n) is 2.41. The summed E-state index contributed by atoms with van der Waals surface area (Å²) in [5.74, 6) is -0.475. The van der Waals surface area contributed by atoms with Crippen molar-refractivity contribution in [1.82, 2.24) is 4.98 Å². The van der Waals surface area contributed by atoms with Crippen molar-refractivity contribution in [2.24, 2.45) is 17.8 Å². The van der Waals surface area contributed by atoms with Crippen LogP contribution >= 0.6 is 11.6 Å². The Balaban J connectivity index is 3.15. The molecule has 130 valence electrons. The van der Waals surface area contributed by atoms with E-state index in [9.17, 15) is 14.7 Å². The lowest BCUT2D eigenvalue weighted by Crippen LogP contribution is -2.25. The molecule has 1 rings (SSSR count). The number of aromatic hydroxyl groups is 1. The lowest BCUT2D eigenvalue weighted by molar-refractivity contribution is 0.0902. The molecule has 0 saturated carbocycles. The maximum atomic E-state index is 12.6. The van der Waals surface area contributed by atoms with Gasteiger partial charge in [0.25, 0.3) is 5.56 Å². The number of ketones is 1. The molecule has 3 atom stereocenters. The van der Waals surface area contributed by atoms with E-state index in [2.05, 4.69) is 4.98 Å². The molecule has 23 heavy (non-hydrogen) atoms. The van der Waals surface area contributed by atoms with Gasteiger partial charge in [-0.05, 0) is 18.3 Å². The number of carbonyl (C=O) groups excluding carboxylic acids is 1. The van der Waals surface area contributed by atoms with Crippen LogP contribution in [-0.4, -0.2) is 36.0 Å². The average molecular weight is 346 g/mol. The Morgan fingerprint density at radius 1 is 1.22 bits per heavy atom. The fraction of sp³-hybridized carbons (Fsp3) is 0.625. The molecule has 6 nitrogen and oxygen atoms in total. The molecule has 0 aliphatic rings. The van der Waals surface area contributed by atoms with Crippen molar-refractivity contribution in [3.63, 3.8) is 0 Å². The molecule has 3 unspecified atom stereocenters. The predicted octanol–water partition coefficient (Wildman–Crippen LogP) is 2.82. The van der Waals surface area contributed by atoms with E-state index in [4.69, 9.17) is 21.1 Å². The Hall–Kier alpha value is -1.69. The first-order valence-corrected chi connectivity index (χ1v) is 7.99. The summed E-state index contributed by atoms with van der Waals surface area (Å²) in [5.41, 5.74) is -1.00. The van der Waals surface area contributed by atoms with Crippen LogP contribution in [0.4, 0.5) is 0 Å². The van der Waals surface area contributed by atoms with E-state index in [-0.39, 0.29) is 29.0 Å². The zero-order valence-electron chi connectivity index (χ0n) is 14.1. The zero-order valence-corrected chi connectivity index (χ0v) is 14.9. The first-order chi connectivity index (χ1) is 10.8. The van der Waals surface area contributed by atoms with Gasteiger partial charge in [0.2, 0.25) is 11.6 Å². The smallest absolute Gasteiger partial charge is 0.265 e. The van der Waals surface area contributed by atoms with Crippen LogP contribution in [0.25, 0.3) is 0 Å². The number of hydrogen-bond donors (Lipinski definition) is 2. The largest absolute Gasteiger partial charge is 0.503 e. The molecule has 0 radical (unpaired) electrons. The highest BCUT2D eigenvalue weighted by Crippen LogP contribution is 2.36. The van der Waals surface area contributed by atoms with E-state index in [1.807, 2.05) is 13.8 Å². The van der Waals surface area contributed by atoms with E-state index in [1.165, 1.54) is 14.2 Å². The van der Waals surface area contributed by atoms with Gasteiger partial charge in [0.15, 0.2) is 11.5 Å². The molecule has 7 heteroatoms. The number of hydrogen-bond acceptors (Lipinski definition) is 5. The highest BCUT2D eigenvalue weighted by Gasteiger charge is 2.28. The molecule has 0 aliphatic heterocycles. The number of nitrogens with one attached hydrogen (secondary N) is 1. The molecule has 2 N–H and O–H groups in total. The number of pyridine rings is 1. The molecule has 0 fully saturated rings. The third-order valence-corrected chi connectivity index (χ3v) is 4.64. The van der Waals surface area contributed by atoms with E-state index >= 15 is 0 Å². The van der Waals surface area contributed by atoms with Crippen molar-refractivity contribution in [2.75, 3.05) is 20.1 Å². The third-order valence-electron chi connectivity index (χ3n) is 4.15. The van der Waals surface area contributed by atoms with Crippen LogP contribution in [-0.2, 0) is 0 Å². The van der Waals surface area contributed by atoms with Gasteiger partial charge in [-0.3, -0.25) is 14.6 Å². The van der Waals surface area contributed by atoms with E-state index in [0.717, 1.165) is 0 Å². The number of aromatic amines is 1. The Morgan fingerprint density at radius 3 is 2.30 bits per heavy atom. The predicted molar refractivity (Wildman–Crippen MR) is 89.0 cm³/mol. The summed E-state index contributed by atoms with van der Waals surface area (Å²) < 4.78 is 9.95. The Bertz CT molecular complexity index is 613. The van der Waals surface area contributed by atoms with Gasteiger partial charge in [-0.1, -0.05) is 20.8 Å². The Morgan fingerprint density at radius 2 is 1.83 bits per heavy atom. The number of aromatic nitrogens is 1. The minimum atomic E-state index is -0.699. The zero-order chi connectivity index (χ0) is 17.7. The topological polar surface area (TPSA) is 88.6 Å². The van der Waals surface area contributed by atoms with Crippen LogP contribution in [0.5, 0.6) is 17.4 Å². The number of methoxy groups -OCH3 is 2. The molecule has 1 aromatic rings. The van der Waals surface area contributed by atoms with Crippen molar-refractivity contribution < 1.29 is 19.4 Å². The molecule has 0 aliphatic carbocycles. The second-order valence-corrected chi connectivity index (χ2v) is 6.16. The molecular weight excluding hydrogens is 322 g/mol. The molecule has 1 aromatic heterocycles. The molecule has 0 saturated heterocycles. The number of carbonyl (C=O) groups is 1. The summed E-state index contributed by atoms with van der Waals surface area (Å²) in [6.07, 6.45) is 0.569. The first kappa shape index (κ1) is 19.4. The van der Waals surface area contributed by atoms with E-state index < -0.39 is 23.0 Å². The lowest BCUT2D eigenvalue weighted by Gasteiger charge is -2.21. The maximum Gasteiger partial charge on any atom is 0.265 e. The molecule has 1 heterocycles. The standard InChI is InChI=1S/C16H24ClNO5/c1-8(10(3)7-17)6-9(2)12(19)11-13(20)14(22-4)16(23-5)18-15(11)21/h8-10H,6-7H2,1-5H3,(H2,18,20,21). The van der Waals surface area contributed by atoms with Gasteiger partial charge in [0.05, 0.1) is 14.2 Å². The van der Waals surface area contributed by atoms with Crippen LogP contribution in [0.3, 0.4) is 0 Å². The van der Waals surface area contributed by atoms with Gasteiger partial charge in [0.1, 0.15) is 5.56 Å². The molecule has 0 amide bonds. The summed E-state index contributed by atoms with van der Waals surface area (Å²) in [7, 11) is 2.64. The minimum Gasteiger partial charge on any atom is -0.503 e. The van der Waals surface area contributed by atoms with Crippen LogP contribution in [0.15, 0.2) is 4.79 Å². The van der Waals surface area contributed by atoms with Gasteiger partial charge in [-0.15, -0.1) is 11.6 Å². The Labute approximate surface area is 140 Å². The van der Waals surface area contributed by atoms with Gasteiger partial charge in [0, 0.05) is 11.8 Å². The highest BCUT2D eigenvalue weighted by molar-refractivity contribution is 6.18. The summed E-state index contributed by atoms with van der Waals surface area (Å²) in [6.45, 7) is 5.75. The minimum absolute atomic E-state index is 0.0247. The number of halogens is 1. The van der Waals surface area contributed by atoms with Gasteiger partial charge >= 0.3 is 0 Å². The van der Waals surface area contributed by atoms with Crippen LogP contribution in [0.1, 0.15) is 37.6 Å². The van der Waals surface area contributed by atoms with Gasteiger partial charge in [-0.2, -0.15) is 0 Å². The maximum absolute atomic E-state index is 12.6. The van der Waals surface area contributed by atoms with Crippen molar-refractivity contribution in [2.45, 2.75) is 27.2 Å². The summed E-state index contributed by atoms with van der Waals surface area (Å²) in [5, 5.41) is 10.2. The summed E-state index contributed by atoms with van der Waals surface area (Å²) >= 11 is 5.84. The molecule has 0 aromatic carbocycles. The van der Waals surface area contributed by atoms with Crippen molar-refractivity contribution in [1.29, 1.82) is 0 Å². The monoisotopic (exact) mass is 345 g/mol. The number of ether oxygens (including phenoxy) is 2. The Kier molecular flexibility index (Phi) is 6.94. The summed E-state index contributed by atoms with van der Waals surface area (Å²) in [4.78, 5) is 27.1. The average Bonchev–Trinajstić information content (AvgIpc) is 2.52. The van der Waals surface area contributed by atoms with Crippen molar-refractivity contribution >= 4 is 17.4 Å². The van der Waals surface area contributed by atoms with Crippen LogP contribution < -0.4 is 15.0 Å². The first-order valence-electron chi connectivity index (χ1n) is 7.45. The fourth-order valence-corrected chi connectivity index (χ4v) is 2.71. The number of rotatable bonds is 8. The van der Waals surface area contributed by atoms with Gasteiger partial charge < -0.3 is 14.6 Å². The van der Waals surface area contributed by atoms with Gasteiger partial charge in [-0.25, -0.2) is 0 Å². The summed E-state index contributed by atoms with van der Waals surface area (Å²) in [6, 6.07) is 0. The normalized spacial score (nSPS) is 14.9. The van der Waals surface area contributed by atoms with Crippen molar-refractivity contribution in [3.8, 4) is 17.4 Å². The second-order valence-electron chi connectivity index (χ2n) is 5.85. The molecular formula is C16H24ClNO5. The number of H-pyrrole nitrogens is 1. The lowest BCUT2D eigenvalue weighted by atomic mass is 9.85. The van der Waals surface area contributed by atoms with Crippen LogP contribution in [0, 0.1) is 17.8 Å². The van der Waals surface area contributed by atoms with E-state index in [0.29, 0.717) is 12.3 Å². The number of alkyl halides is 1. The SMILES string of the molecule is COc1[nH]c(=O)c(C(=O)C(C)CC(C)C(C)CCl)c(O)c1OC. The highest BCUT2D eigenvalue weighted by atomic mass is 35.5. The van der Waals surface area contributed by atoms with E-state index in [1.54, 1.807) is 6.92 Å². The molecule has 0 spiro atoms. The van der Waals surface area contributed by atoms with Crippen LogP contribution in [0.2, 0.25) is 0 Å². The second kappa shape index (κ2) is 8.24. The number of Topliss-reactive ketones (excluding diaryl/α,β-unsaturated/α-hetero) is 1. The quantitative estimate of drug-likeness (QED) is 0.558. The third kappa shape index (κ3) is 4.19. The molecule has 0 bridgehead atoms.